The van der Waals surface area contributed by atoms with Gasteiger partial charge in [-0.15, -0.1) is 11.8 Å². The molecule has 0 aliphatic rings. The van der Waals surface area contributed by atoms with Gasteiger partial charge in [0.25, 0.3) is 5.91 Å². The largest absolute Gasteiger partial charge is 0.493 e. The van der Waals surface area contributed by atoms with Crippen LogP contribution in [-0.4, -0.2) is 38.5 Å². The molecule has 0 aromatic heterocycles. The monoisotopic (exact) mass is 375 g/mol. The summed E-state index contributed by atoms with van der Waals surface area (Å²) in [5.74, 6) is -0.0575. The van der Waals surface area contributed by atoms with E-state index in [1.807, 2.05) is 30.5 Å². The number of esters is 1. The van der Waals surface area contributed by atoms with Crippen molar-refractivity contribution in [2.75, 3.05) is 25.8 Å². The van der Waals surface area contributed by atoms with E-state index < -0.39 is 12.1 Å². The molecule has 0 fully saturated rings. The van der Waals surface area contributed by atoms with E-state index in [0.717, 1.165) is 10.6 Å². The Hall–Kier alpha value is -2.67. The van der Waals surface area contributed by atoms with Crippen LogP contribution in [0.25, 0.3) is 0 Å². The molecule has 0 aliphatic carbocycles. The average Bonchev–Trinajstić information content (AvgIpc) is 2.67. The zero-order valence-corrected chi connectivity index (χ0v) is 15.9. The normalized spacial score (nSPS) is 11.4. The minimum atomic E-state index is -0.761. The number of carbonyl (C=O) groups excluding carboxylic acids is 2. The predicted molar refractivity (Wildman–Crippen MR) is 101 cm³/mol. The van der Waals surface area contributed by atoms with E-state index in [-0.39, 0.29) is 5.91 Å². The third-order valence-corrected chi connectivity index (χ3v) is 4.42. The Balaban J connectivity index is 2.12. The minimum absolute atomic E-state index is 0.286. The Kier molecular flexibility index (Phi) is 6.91. The lowest BCUT2D eigenvalue weighted by molar-refractivity contribution is -0.122. The number of benzene rings is 2. The lowest BCUT2D eigenvalue weighted by Crippen LogP contribution is -2.30. The lowest BCUT2D eigenvalue weighted by Gasteiger charge is -2.18. The predicted octanol–water partition coefficient (Wildman–Crippen LogP) is 3.61. The van der Waals surface area contributed by atoms with E-state index in [2.05, 4.69) is 10.1 Å². The van der Waals surface area contributed by atoms with Crippen LogP contribution in [0.4, 0.5) is 5.69 Å². The summed E-state index contributed by atoms with van der Waals surface area (Å²) in [5.41, 5.74) is 1.07. The van der Waals surface area contributed by atoms with Crippen molar-refractivity contribution in [1.29, 1.82) is 0 Å². The van der Waals surface area contributed by atoms with E-state index in [9.17, 15) is 9.59 Å². The maximum Gasteiger partial charge on any atom is 0.337 e. The molecule has 6 nitrogen and oxygen atoms in total. The van der Waals surface area contributed by atoms with Crippen LogP contribution in [-0.2, 0) is 9.53 Å². The maximum absolute atomic E-state index is 12.4. The Morgan fingerprint density at radius 1 is 1.08 bits per heavy atom. The number of carbonyl (C=O) groups is 2. The van der Waals surface area contributed by atoms with Gasteiger partial charge in [-0.05, 0) is 43.5 Å². The van der Waals surface area contributed by atoms with Crippen LogP contribution in [0.2, 0.25) is 0 Å². The van der Waals surface area contributed by atoms with Crippen LogP contribution >= 0.6 is 11.8 Å². The van der Waals surface area contributed by atoms with Gasteiger partial charge in [-0.2, -0.15) is 0 Å². The number of hydrogen-bond donors (Lipinski definition) is 1. The summed E-state index contributed by atoms with van der Waals surface area (Å²) in [4.78, 5) is 25.0. The van der Waals surface area contributed by atoms with Crippen LogP contribution in [0.3, 0.4) is 0 Å². The molecule has 0 bridgehead atoms. The van der Waals surface area contributed by atoms with E-state index in [0.29, 0.717) is 17.1 Å². The van der Waals surface area contributed by atoms with Crippen LogP contribution in [0.15, 0.2) is 47.4 Å². The number of para-hydroxylation sites is 1. The van der Waals surface area contributed by atoms with Gasteiger partial charge in [-0.3, -0.25) is 4.79 Å². The summed E-state index contributed by atoms with van der Waals surface area (Å²) in [6.45, 7) is 1.64. The number of rotatable bonds is 7. The van der Waals surface area contributed by atoms with Crippen molar-refractivity contribution in [2.45, 2.75) is 17.9 Å². The van der Waals surface area contributed by atoms with Crippen LogP contribution in [0.1, 0.15) is 17.3 Å². The van der Waals surface area contributed by atoms with Crippen molar-refractivity contribution in [3.8, 4) is 11.5 Å². The van der Waals surface area contributed by atoms with Gasteiger partial charge in [-0.25, -0.2) is 4.79 Å². The quantitative estimate of drug-likeness (QED) is 0.589. The van der Waals surface area contributed by atoms with Gasteiger partial charge in [0, 0.05) is 4.90 Å². The van der Waals surface area contributed by atoms with Crippen molar-refractivity contribution >= 4 is 29.3 Å². The first-order valence-corrected chi connectivity index (χ1v) is 9.09. The molecule has 1 amide bonds. The van der Waals surface area contributed by atoms with E-state index in [1.165, 1.54) is 20.3 Å². The molecule has 26 heavy (non-hydrogen) atoms. The number of methoxy groups -OCH3 is 2. The molecule has 1 unspecified atom stereocenters. The summed E-state index contributed by atoms with van der Waals surface area (Å²) in [7, 11) is 2.76. The standard InChI is InChI=1S/C19H21NO5S/c1-12(18(21)20-14-7-5-6-8-17(14)26-4)25-15-10-9-13(19(22)24-3)11-16(15)23-2/h5-12H,1-4H3,(H,20,21). The number of ether oxygens (including phenoxy) is 3. The average molecular weight is 375 g/mol. The van der Waals surface area contributed by atoms with Crippen molar-refractivity contribution in [3.63, 3.8) is 0 Å². The van der Waals surface area contributed by atoms with E-state index >= 15 is 0 Å². The topological polar surface area (TPSA) is 73.9 Å². The highest BCUT2D eigenvalue weighted by Gasteiger charge is 2.19. The first-order chi connectivity index (χ1) is 12.5. The molecule has 0 saturated carbocycles. The third-order valence-electron chi connectivity index (χ3n) is 3.62. The molecule has 2 rings (SSSR count). The number of thioether (sulfide) groups is 1. The second kappa shape index (κ2) is 9.15. The van der Waals surface area contributed by atoms with Crippen molar-refractivity contribution in [2.24, 2.45) is 0 Å². The molecule has 0 saturated heterocycles. The van der Waals surface area contributed by atoms with Gasteiger partial charge in [-0.1, -0.05) is 12.1 Å². The van der Waals surface area contributed by atoms with Crippen LogP contribution in [0.5, 0.6) is 11.5 Å². The fourth-order valence-electron chi connectivity index (χ4n) is 2.24. The van der Waals surface area contributed by atoms with Crippen LogP contribution < -0.4 is 14.8 Å². The SMILES string of the molecule is COC(=O)c1ccc(OC(C)C(=O)Nc2ccccc2SC)c(OC)c1. The zero-order valence-electron chi connectivity index (χ0n) is 15.1. The summed E-state index contributed by atoms with van der Waals surface area (Å²) in [6.07, 6.45) is 1.18. The van der Waals surface area contributed by atoms with Gasteiger partial charge in [0.2, 0.25) is 0 Å². The highest BCUT2D eigenvalue weighted by molar-refractivity contribution is 7.98. The molecular formula is C19H21NO5S. The molecule has 0 heterocycles. The second-order valence-electron chi connectivity index (χ2n) is 5.31. The fraction of sp³-hybridized carbons (Fsp3) is 0.263. The summed E-state index contributed by atoms with van der Waals surface area (Å²) < 4.78 is 15.6. The highest BCUT2D eigenvalue weighted by Crippen LogP contribution is 2.30. The number of nitrogens with one attached hydrogen (secondary N) is 1. The molecule has 7 heteroatoms. The third kappa shape index (κ3) is 4.70. The van der Waals surface area contributed by atoms with Gasteiger partial charge in [0.05, 0.1) is 25.5 Å². The lowest BCUT2D eigenvalue weighted by atomic mass is 10.2. The van der Waals surface area contributed by atoms with Crippen LogP contribution in [0, 0.1) is 0 Å². The van der Waals surface area contributed by atoms with Gasteiger partial charge >= 0.3 is 5.97 Å². The van der Waals surface area contributed by atoms with Crippen molar-refractivity contribution < 1.29 is 23.8 Å². The molecule has 1 N–H and O–H groups in total. The summed E-state index contributed by atoms with van der Waals surface area (Å²) in [6, 6.07) is 12.2. The van der Waals surface area contributed by atoms with E-state index in [4.69, 9.17) is 9.47 Å². The molecule has 2 aromatic carbocycles. The second-order valence-corrected chi connectivity index (χ2v) is 6.15. The molecular weight excluding hydrogens is 354 g/mol. The molecule has 0 radical (unpaired) electrons. The van der Waals surface area contributed by atoms with Gasteiger partial charge in [0.15, 0.2) is 17.6 Å². The van der Waals surface area contributed by atoms with Gasteiger partial charge in [0.1, 0.15) is 0 Å². The molecule has 138 valence electrons. The Morgan fingerprint density at radius 2 is 1.81 bits per heavy atom. The summed E-state index contributed by atoms with van der Waals surface area (Å²) >= 11 is 1.55. The smallest absolute Gasteiger partial charge is 0.337 e. The van der Waals surface area contributed by atoms with E-state index in [1.54, 1.807) is 30.8 Å². The van der Waals surface area contributed by atoms with Gasteiger partial charge < -0.3 is 19.5 Å². The molecule has 0 spiro atoms. The fourth-order valence-corrected chi connectivity index (χ4v) is 2.79. The summed E-state index contributed by atoms with van der Waals surface area (Å²) in [5, 5.41) is 2.86. The molecule has 1 atom stereocenters. The number of anilines is 1. The zero-order chi connectivity index (χ0) is 19.1. The maximum atomic E-state index is 12.4. The first kappa shape index (κ1) is 19.7. The minimum Gasteiger partial charge on any atom is -0.493 e. The number of amides is 1. The Morgan fingerprint density at radius 3 is 2.46 bits per heavy atom. The number of hydrogen-bond acceptors (Lipinski definition) is 6. The Bertz CT molecular complexity index is 793. The molecule has 0 aliphatic heterocycles. The highest BCUT2D eigenvalue weighted by atomic mass is 32.2. The Labute approximate surface area is 156 Å². The van der Waals surface area contributed by atoms with Crippen molar-refractivity contribution in [1.82, 2.24) is 0 Å². The first-order valence-electron chi connectivity index (χ1n) is 7.87. The van der Waals surface area contributed by atoms with Crippen molar-refractivity contribution in [3.05, 3.63) is 48.0 Å². The molecule has 2 aromatic rings.